The number of rotatable bonds is 3. The summed E-state index contributed by atoms with van der Waals surface area (Å²) in [6.07, 6.45) is 0. The summed E-state index contributed by atoms with van der Waals surface area (Å²) >= 11 is 0. The molecule has 1 fully saturated rings. The molecule has 84 valence electrons. The molecule has 1 atom stereocenters. The second kappa shape index (κ2) is 5.10. The van der Waals surface area contributed by atoms with Gasteiger partial charge in [-0.05, 0) is 27.7 Å². The summed E-state index contributed by atoms with van der Waals surface area (Å²) in [5.74, 6) is 0. The molecule has 0 aromatic rings. The van der Waals surface area contributed by atoms with E-state index >= 15 is 0 Å². The minimum Gasteiger partial charge on any atom is -0.380 e. The monoisotopic (exact) mass is 201 g/mol. The Hall–Kier alpha value is -0.120. The van der Waals surface area contributed by atoms with Gasteiger partial charge in [-0.2, -0.15) is 0 Å². The van der Waals surface area contributed by atoms with E-state index in [1.165, 1.54) is 0 Å². The lowest BCUT2D eigenvalue weighted by Gasteiger charge is -2.44. The second-order valence-electron chi connectivity index (χ2n) is 4.75. The van der Waals surface area contributed by atoms with Crippen molar-refractivity contribution in [3.05, 3.63) is 0 Å². The maximum Gasteiger partial charge on any atom is 0.0645 e. The Morgan fingerprint density at radius 2 is 2.14 bits per heavy atom. The second-order valence-corrected chi connectivity index (χ2v) is 4.75. The molecule has 3 heteroatoms. The van der Waals surface area contributed by atoms with Gasteiger partial charge in [0.15, 0.2) is 0 Å². The van der Waals surface area contributed by atoms with Crippen molar-refractivity contribution in [3.63, 3.8) is 0 Å². The number of morpholine rings is 1. The van der Waals surface area contributed by atoms with Crippen molar-refractivity contribution in [3.8, 4) is 0 Å². The average Bonchev–Trinajstić information content (AvgIpc) is 2.14. The zero-order valence-electron chi connectivity index (χ0n) is 9.88. The lowest BCUT2D eigenvalue weighted by atomic mass is 10.0. The number of hydrogen-bond acceptors (Lipinski definition) is 3. The van der Waals surface area contributed by atoms with Gasteiger partial charge in [-0.3, -0.25) is 4.90 Å². The number of hydrogen-bond donors (Lipinski definition) is 0. The van der Waals surface area contributed by atoms with E-state index in [9.17, 15) is 0 Å². The van der Waals surface area contributed by atoms with Crippen LogP contribution in [0, 0.1) is 0 Å². The first-order chi connectivity index (χ1) is 6.55. The molecule has 0 aliphatic carbocycles. The van der Waals surface area contributed by atoms with Crippen molar-refractivity contribution in [1.82, 2.24) is 4.90 Å². The van der Waals surface area contributed by atoms with Gasteiger partial charge < -0.3 is 9.47 Å². The first-order valence-corrected chi connectivity index (χ1v) is 5.48. The molecule has 1 saturated heterocycles. The standard InChI is InChI=1S/C11H23NO2/c1-5-13-8-10-9-14-7-6-12(10)11(2,3)4/h10H,5-9H2,1-4H3/t10-/m1/s1. The van der Waals surface area contributed by atoms with Crippen LogP contribution in [0.5, 0.6) is 0 Å². The summed E-state index contributed by atoms with van der Waals surface area (Å²) in [6.45, 7) is 13.0. The van der Waals surface area contributed by atoms with E-state index in [1.807, 2.05) is 6.92 Å². The minimum atomic E-state index is 0.214. The molecule has 0 bridgehead atoms. The molecule has 0 saturated carbocycles. The van der Waals surface area contributed by atoms with Gasteiger partial charge in [0.05, 0.1) is 25.9 Å². The molecular weight excluding hydrogens is 178 g/mol. The first kappa shape index (κ1) is 12.0. The zero-order chi connectivity index (χ0) is 10.6. The summed E-state index contributed by atoms with van der Waals surface area (Å²) in [4.78, 5) is 2.48. The van der Waals surface area contributed by atoms with Gasteiger partial charge in [-0.1, -0.05) is 0 Å². The Morgan fingerprint density at radius 1 is 1.43 bits per heavy atom. The largest absolute Gasteiger partial charge is 0.380 e. The third kappa shape index (κ3) is 3.23. The molecule has 0 radical (unpaired) electrons. The molecule has 0 amide bonds. The van der Waals surface area contributed by atoms with Gasteiger partial charge in [0.25, 0.3) is 0 Å². The van der Waals surface area contributed by atoms with Crippen LogP contribution in [0.25, 0.3) is 0 Å². The highest BCUT2D eigenvalue weighted by molar-refractivity contribution is 4.85. The molecule has 0 spiro atoms. The third-order valence-corrected chi connectivity index (χ3v) is 2.60. The fourth-order valence-electron chi connectivity index (χ4n) is 1.93. The summed E-state index contributed by atoms with van der Waals surface area (Å²) < 4.78 is 11.0. The van der Waals surface area contributed by atoms with Gasteiger partial charge in [0.1, 0.15) is 0 Å². The van der Waals surface area contributed by atoms with E-state index in [1.54, 1.807) is 0 Å². The maximum absolute atomic E-state index is 5.48. The van der Waals surface area contributed by atoms with E-state index in [0.29, 0.717) is 6.04 Å². The van der Waals surface area contributed by atoms with Crippen LogP contribution in [0.1, 0.15) is 27.7 Å². The van der Waals surface area contributed by atoms with Crippen LogP contribution in [-0.4, -0.2) is 49.5 Å². The van der Waals surface area contributed by atoms with Crippen LogP contribution in [0.15, 0.2) is 0 Å². The van der Waals surface area contributed by atoms with Crippen LogP contribution >= 0.6 is 0 Å². The van der Waals surface area contributed by atoms with Crippen LogP contribution in [0.2, 0.25) is 0 Å². The molecule has 0 N–H and O–H groups in total. The summed E-state index contributed by atoms with van der Waals surface area (Å²) in [7, 11) is 0. The topological polar surface area (TPSA) is 21.7 Å². The quantitative estimate of drug-likeness (QED) is 0.691. The number of nitrogens with zero attached hydrogens (tertiary/aromatic N) is 1. The highest BCUT2D eigenvalue weighted by atomic mass is 16.5. The van der Waals surface area contributed by atoms with Gasteiger partial charge in [0.2, 0.25) is 0 Å². The van der Waals surface area contributed by atoms with Crippen LogP contribution in [0.3, 0.4) is 0 Å². The molecule has 1 heterocycles. The first-order valence-electron chi connectivity index (χ1n) is 5.48. The van der Waals surface area contributed by atoms with Crippen molar-refractivity contribution in [1.29, 1.82) is 0 Å². The fourth-order valence-corrected chi connectivity index (χ4v) is 1.93. The van der Waals surface area contributed by atoms with E-state index in [-0.39, 0.29) is 5.54 Å². The predicted molar refractivity (Wildman–Crippen MR) is 57.6 cm³/mol. The molecular formula is C11H23NO2. The van der Waals surface area contributed by atoms with E-state index < -0.39 is 0 Å². The highest BCUT2D eigenvalue weighted by Gasteiger charge is 2.31. The normalized spacial score (nSPS) is 25.3. The van der Waals surface area contributed by atoms with E-state index in [4.69, 9.17) is 9.47 Å². The Kier molecular flexibility index (Phi) is 4.35. The van der Waals surface area contributed by atoms with Crippen molar-refractivity contribution in [2.75, 3.05) is 33.0 Å². The Balaban J connectivity index is 2.50. The smallest absolute Gasteiger partial charge is 0.0645 e. The zero-order valence-corrected chi connectivity index (χ0v) is 9.88. The van der Waals surface area contributed by atoms with Crippen LogP contribution in [0.4, 0.5) is 0 Å². The lowest BCUT2D eigenvalue weighted by Crippen LogP contribution is -2.56. The molecule has 0 unspecified atom stereocenters. The molecule has 0 aromatic heterocycles. The SMILES string of the molecule is CCOC[C@@H]1COCCN1C(C)(C)C. The van der Waals surface area contributed by atoms with Gasteiger partial charge in [-0.15, -0.1) is 0 Å². The average molecular weight is 201 g/mol. The highest BCUT2D eigenvalue weighted by Crippen LogP contribution is 2.19. The van der Waals surface area contributed by atoms with Gasteiger partial charge in [0, 0.05) is 18.7 Å². The van der Waals surface area contributed by atoms with Crippen molar-refractivity contribution in [2.45, 2.75) is 39.3 Å². The summed E-state index contributed by atoms with van der Waals surface area (Å²) in [5, 5.41) is 0. The third-order valence-electron chi connectivity index (χ3n) is 2.60. The fraction of sp³-hybridized carbons (Fsp3) is 1.00. The Bertz CT molecular complexity index is 165. The summed E-state index contributed by atoms with van der Waals surface area (Å²) in [6, 6.07) is 0.420. The predicted octanol–water partition coefficient (Wildman–Crippen LogP) is 1.52. The van der Waals surface area contributed by atoms with Crippen molar-refractivity contribution < 1.29 is 9.47 Å². The molecule has 1 aliphatic rings. The molecule has 14 heavy (non-hydrogen) atoms. The minimum absolute atomic E-state index is 0.214. The molecule has 1 aliphatic heterocycles. The van der Waals surface area contributed by atoms with Crippen molar-refractivity contribution in [2.24, 2.45) is 0 Å². The van der Waals surface area contributed by atoms with Gasteiger partial charge >= 0.3 is 0 Å². The Morgan fingerprint density at radius 3 is 2.71 bits per heavy atom. The van der Waals surface area contributed by atoms with Crippen LogP contribution in [-0.2, 0) is 9.47 Å². The number of ether oxygens (including phenoxy) is 2. The van der Waals surface area contributed by atoms with E-state index in [2.05, 4.69) is 25.7 Å². The summed E-state index contributed by atoms with van der Waals surface area (Å²) in [5.41, 5.74) is 0.214. The van der Waals surface area contributed by atoms with Crippen molar-refractivity contribution >= 4 is 0 Å². The molecule has 3 nitrogen and oxygen atoms in total. The maximum atomic E-state index is 5.48. The molecule has 0 aromatic carbocycles. The van der Waals surface area contributed by atoms with Crippen LogP contribution < -0.4 is 0 Å². The van der Waals surface area contributed by atoms with Gasteiger partial charge in [-0.25, -0.2) is 0 Å². The van der Waals surface area contributed by atoms with E-state index in [0.717, 1.165) is 33.0 Å². The Labute approximate surface area is 87.4 Å². The molecule has 1 rings (SSSR count). The lowest BCUT2D eigenvalue weighted by molar-refractivity contribution is -0.0759.